The Labute approximate surface area is 104 Å². The highest BCUT2D eigenvalue weighted by molar-refractivity contribution is 7.92. The van der Waals surface area contributed by atoms with Crippen LogP contribution in [0.15, 0.2) is 27.4 Å². The summed E-state index contributed by atoms with van der Waals surface area (Å²) in [5.74, 6) is -0.414. The predicted molar refractivity (Wildman–Crippen MR) is 69.2 cm³/mol. The van der Waals surface area contributed by atoms with E-state index in [-0.39, 0.29) is 5.75 Å². The standard InChI is InChI=1S/C11H14N2O4S/c1-3-6-18(15,16)12-8-4-5-9-10(7-8)17-11(14)13(9)2/h4-5,7,12H,3,6H2,1-2H3. The molecule has 98 valence electrons. The van der Waals surface area contributed by atoms with Crippen molar-refractivity contribution in [2.24, 2.45) is 7.05 Å². The number of oxazole rings is 1. The van der Waals surface area contributed by atoms with Crippen molar-refractivity contribution in [1.82, 2.24) is 4.57 Å². The lowest BCUT2D eigenvalue weighted by atomic mass is 10.3. The molecule has 0 radical (unpaired) electrons. The van der Waals surface area contributed by atoms with Crippen LogP contribution in [0.2, 0.25) is 0 Å². The fourth-order valence-corrected chi connectivity index (χ4v) is 2.82. The maximum atomic E-state index is 11.6. The van der Waals surface area contributed by atoms with Crippen molar-refractivity contribution >= 4 is 26.8 Å². The molecule has 1 N–H and O–H groups in total. The van der Waals surface area contributed by atoms with E-state index < -0.39 is 15.8 Å². The van der Waals surface area contributed by atoms with E-state index in [0.717, 1.165) is 0 Å². The number of nitrogens with one attached hydrogen (secondary N) is 1. The highest BCUT2D eigenvalue weighted by Crippen LogP contribution is 2.18. The van der Waals surface area contributed by atoms with Crippen molar-refractivity contribution in [3.63, 3.8) is 0 Å². The molecule has 0 saturated heterocycles. The second kappa shape index (κ2) is 4.49. The fourth-order valence-electron chi connectivity index (χ4n) is 1.70. The molecule has 1 aromatic heterocycles. The molecule has 1 aromatic carbocycles. The third kappa shape index (κ3) is 2.40. The van der Waals surface area contributed by atoms with Crippen molar-refractivity contribution in [2.75, 3.05) is 10.5 Å². The van der Waals surface area contributed by atoms with E-state index in [2.05, 4.69) is 4.72 Å². The Morgan fingerprint density at radius 2 is 2.11 bits per heavy atom. The van der Waals surface area contributed by atoms with E-state index in [1.54, 1.807) is 26.1 Å². The number of benzene rings is 1. The normalized spacial score (nSPS) is 11.9. The molecule has 0 aliphatic carbocycles. The van der Waals surface area contributed by atoms with Crippen molar-refractivity contribution < 1.29 is 12.8 Å². The van der Waals surface area contributed by atoms with E-state index in [1.165, 1.54) is 10.6 Å². The third-order valence-electron chi connectivity index (χ3n) is 2.54. The van der Waals surface area contributed by atoms with Crippen LogP contribution in [0.4, 0.5) is 5.69 Å². The highest BCUT2D eigenvalue weighted by atomic mass is 32.2. The Morgan fingerprint density at radius 3 is 2.78 bits per heavy atom. The molecule has 0 unspecified atom stereocenters. The molecule has 0 amide bonds. The Hall–Kier alpha value is -1.76. The first-order valence-corrected chi connectivity index (χ1v) is 7.18. The minimum Gasteiger partial charge on any atom is -0.408 e. The Kier molecular flexibility index (Phi) is 3.16. The summed E-state index contributed by atoms with van der Waals surface area (Å²) in [4.78, 5) is 11.3. The van der Waals surface area contributed by atoms with Gasteiger partial charge in [0.15, 0.2) is 5.58 Å². The molecular weight excluding hydrogens is 256 g/mol. The van der Waals surface area contributed by atoms with E-state index in [1.807, 2.05) is 0 Å². The van der Waals surface area contributed by atoms with Gasteiger partial charge < -0.3 is 4.42 Å². The minimum absolute atomic E-state index is 0.0593. The van der Waals surface area contributed by atoms with Crippen LogP contribution in [0.3, 0.4) is 0 Å². The largest absolute Gasteiger partial charge is 0.419 e. The Morgan fingerprint density at radius 1 is 1.39 bits per heavy atom. The number of sulfonamides is 1. The Bertz CT molecular complexity index is 727. The van der Waals surface area contributed by atoms with Crippen molar-refractivity contribution in [3.8, 4) is 0 Å². The summed E-state index contributed by atoms with van der Waals surface area (Å²) in [5.41, 5.74) is 1.38. The van der Waals surface area contributed by atoms with Gasteiger partial charge in [-0.05, 0) is 18.6 Å². The quantitative estimate of drug-likeness (QED) is 0.907. The maximum absolute atomic E-state index is 11.6. The monoisotopic (exact) mass is 270 g/mol. The molecule has 1 heterocycles. The second-order valence-corrected chi connectivity index (χ2v) is 5.87. The number of hydrogen-bond acceptors (Lipinski definition) is 4. The summed E-state index contributed by atoms with van der Waals surface area (Å²) < 4.78 is 32.0. The first-order chi connectivity index (χ1) is 8.43. The highest BCUT2D eigenvalue weighted by Gasteiger charge is 2.11. The molecule has 0 aliphatic heterocycles. The van der Waals surface area contributed by atoms with Gasteiger partial charge in [0.2, 0.25) is 10.0 Å². The second-order valence-electron chi connectivity index (χ2n) is 4.03. The van der Waals surface area contributed by atoms with E-state index in [4.69, 9.17) is 4.42 Å². The van der Waals surface area contributed by atoms with E-state index in [0.29, 0.717) is 23.2 Å². The number of fused-ring (bicyclic) bond motifs is 1. The Balaban J connectivity index is 2.40. The van der Waals surface area contributed by atoms with Gasteiger partial charge in [-0.2, -0.15) is 0 Å². The van der Waals surface area contributed by atoms with E-state index in [9.17, 15) is 13.2 Å². The molecule has 0 fully saturated rings. The molecule has 6 nitrogen and oxygen atoms in total. The van der Waals surface area contributed by atoms with Crippen LogP contribution in [0.1, 0.15) is 13.3 Å². The van der Waals surface area contributed by atoms with Gasteiger partial charge in [-0.15, -0.1) is 0 Å². The first-order valence-electron chi connectivity index (χ1n) is 5.53. The molecule has 0 saturated carbocycles. The maximum Gasteiger partial charge on any atom is 0.419 e. The molecule has 0 atom stereocenters. The molecule has 7 heteroatoms. The SMILES string of the molecule is CCCS(=O)(=O)Nc1ccc2c(c1)oc(=O)n2C. The van der Waals surface area contributed by atoms with Gasteiger partial charge in [-0.1, -0.05) is 6.92 Å². The first kappa shape index (κ1) is 12.7. The number of aromatic nitrogens is 1. The lowest BCUT2D eigenvalue weighted by molar-refractivity contribution is 0.528. The number of rotatable bonds is 4. The van der Waals surface area contributed by atoms with Crippen molar-refractivity contribution in [1.29, 1.82) is 0 Å². The van der Waals surface area contributed by atoms with Gasteiger partial charge in [-0.25, -0.2) is 13.2 Å². The number of anilines is 1. The number of hydrogen-bond donors (Lipinski definition) is 1. The van der Waals surface area contributed by atoms with Gasteiger partial charge in [0.05, 0.1) is 17.0 Å². The number of nitrogens with zero attached hydrogens (tertiary/aromatic N) is 1. The van der Waals surface area contributed by atoms with Crippen LogP contribution in [0.25, 0.3) is 11.1 Å². The zero-order valence-corrected chi connectivity index (χ0v) is 11.0. The summed E-state index contributed by atoms with van der Waals surface area (Å²) in [5, 5.41) is 0. The summed E-state index contributed by atoms with van der Waals surface area (Å²) in [7, 11) is -1.74. The van der Waals surface area contributed by atoms with Gasteiger partial charge in [0.25, 0.3) is 0 Å². The topological polar surface area (TPSA) is 81.3 Å². The predicted octanol–water partition coefficient (Wildman–Crippen LogP) is 1.28. The molecule has 0 spiro atoms. The van der Waals surface area contributed by atoms with Crippen molar-refractivity contribution in [3.05, 3.63) is 28.7 Å². The molecule has 18 heavy (non-hydrogen) atoms. The van der Waals surface area contributed by atoms with Gasteiger partial charge in [0, 0.05) is 13.1 Å². The third-order valence-corrected chi connectivity index (χ3v) is 4.03. The van der Waals surface area contributed by atoms with Crippen LogP contribution in [0, 0.1) is 0 Å². The molecular formula is C11H14N2O4S. The average molecular weight is 270 g/mol. The average Bonchev–Trinajstić information content (AvgIpc) is 2.53. The van der Waals surface area contributed by atoms with Crippen LogP contribution in [-0.4, -0.2) is 18.7 Å². The summed E-state index contributed by atoms with van der Waals surface area (Å²) in [6, 6.07) is 4.75. The number of aryl methyl sites for hydroxylation is 1. The lowest BCUT2D eigenvalue weighted by Gasteiger charge is -2.06. The van der Waals surface area contributed by atoms with Crippen molar-refractivity contribution in [2.45, 2.75) is 13.3 Å². The van der Waals surface area contributed by atoms with Crippen LogP contribution < -0.4 is 10.5 Å². The van der Waals surface area contributed by atoms with Gasteiger partial charge in [0.1, 0.15) is 0 Å². The van der Waals surface area contributed by atoms with Crippen LogP contribution in [0.5, 0.6) is 0 Å². The van der Waals surface area contributed by atoms with E-state index >= 15 is 0 Å². The lowest BCUT2D eigenvalue weighted by Crippen LogP contribution is -2.15. The molecule has 2 aromatic rings. The molecule has 2 rings (SSSR count). The van der Waals surface area contributed by atoms with Gasteiger partial charge >= 0.3 is 5.76 Å². The van der Waals surface area contributed by atoms with Gasteiger partial charge in [-0.3, -0.25) is 9.29 Å². The summed E-state index contributed by atoms with van der Waals surface area (Å²) in [6.45, 7) is 1.79. The fraction of sp³-hybridized carbons (Fsp3) is 0.364. The molecule has 0 aliphatic rings. The molecule has 0 bridgehead atoms. The zero-order chi connectivity index (χ0) is 13.3. The summed E-state index contributed by atoms with van der Waals surface area (Å²) in [6.07, 6.45) is 0.540. The van der Waals surface area contributed by atoms with Crippen LogP contribution in [-0.2, 0) is 17.1 Å². The smallest absolute Gasteiger partial charge is 0.408 e. The van der Waals surface area contributed by atoms with Crippen LogP contribution >= 0.6 is 0 Å². The summed E-state index contributed by atoms with van der Waals surface area (Å²) >= 11 is 0. The minimum atomic E-state index is -3.33. The zero-order valence-electron chi connectivity index (χ0n) is 10.1.